The average Bonchev–Trinajstić information content (AvgIpc) is 3.14. The van der Waals surface area contributed by atoms with E-state index in [1.54, 1.807) is 17.2 Å². The minimum Gasteiger partial charge on any atom is -0.467 e. The van der Waals surface area contributed by atoms with Crippen LogP contribution in [0.5, 0.6) is 0 Å². The lowest BCUT2D eigenvalue weighted by molar-refractivity contribution is -0.129. The minimum atomic E-state index is -0.0327. The Hall–Kier alpha value is -2.27. The van der Waals surface area contributed by atoms with Crippen LogP contribution >= 0.6 is 11.8 Å². The van der Waals surface area contributed by atoms with E-state index in [2.05, 4.69) is 20.8 Å². The molecule has 0 N–H and O–H groups in total. The summed E-state index contributed by atoms with van der Waals surface area (Å²) in [7, 11) is 0. The summed E-state index contributed by atoms with van der Waals surface area (Å²) in [5, 5.41) is 17.9. The van der Waals surface area contributed by atoms with Gasteiger partial charge < -0.3 is 13.9 Å². The molecule has 0 saturated heterocycles. The van der Waals surface area contributed by atoms with E-state index in [4.69, 9.17) is 9.68 Å². The highest BCUT2D eigenvalue weighted by molar-refractivity contribution is 7.99. The van der Waals surface area contributed by atoms with Crippen LogP contribution < -0.4 is 0 Å². The first kappa shape index (κ1) is 16.6. The van der Waals surface area contributed by atoms with Crippen molar-refractivity contribution in [1.82, 2.24) is 19.7 Å². The van der Waals surface area contributed by atoms with Crippen LogP contribution in [0.4, 0.5) is 0 Å². The number of amides is 1. The van der Waals surface area contributed by atoms with Crippen LogP contribution in [0.1, 0.15) is 36.9 Å². The Morgan fingerprint density at radius 3 is 3.04 bits per heavy atom. The molecule has 7 nitrogen and oxygen atoms in total. The molecule has 0 aromatic carbocycles. The summed E-state index contributed by atoms with van der Waals surface area (Å²) >= 11 is 1.40. The maximum absolute atomic E-state index is 12.5. The standard InChI is InChI=1S/C16H19N5O2S/c1-12-18-19-16(21(12)13-5-6-13)24-11-15(22)20(8-3-7-17)10-14-4-2-9-23-14/h2,4,9,13H,3,5-6,8,10-11H2,1H3. The largest absolute Gasteiger partial charge is 0.467 e. The van der Waals surface area contributed by atoms with E-state index in [1.165, 1.54) is 11.8 Å². The van der Waals surface area contributed by atoms with Gasteiger partial charge >= 0.3 is 0 Å². The third-order valence-corrected chi connectivity index (χ3v) is 4.77. The molecule has 0 bridgehead atoms. The summed E-state index contributed by atoms with van der Waals surface area (Å²) in [6, 6.07) is 6.18. The molecule has 2 heterocycles. The fourth-order valence-corrected chi connectivity index (χ4v) is 3.44. The number of carbonyl (C=O) groups excluding carboxylic acids is 1. The lowest BCUT2D eigenvalue weighted by Crippen LogP contribution is -2.32. The molecule has 2 aromatic rings. The van der Waals surface area contributed by atoms with Crippen LogP contribution in [-0.4, -0.2) is 37.9 Å². The zero-order valence-electron chi connectivity index (χ0n) is 13.5. The van der Waals surface area contributed by atoms with Crippen LogP contribution in [-0.2, 0) is 11.3 Å². The van der Waals surface area contributed by atoms with E-state index >= 15 is 0 Å². The third kappa shape index (κ3) is 3.97. The van der Waals surface area contributed by atoms with E-state index in [0.717, 1.165) is 23.8 Å². The third-order valence-electron chi connectivity index (χ3n) is 3.84. The second-order valence-electron chi connectivity index (χ2n) is 5.72. The molecular formula is C16H19N5O2S. The molecule has 126 valence electrons. The van der Waals surface area contributed by atoms with Crippen LogP contribution in [0.2, 0.25) is 0 Å². The van der Waals surface area contributed by atoms with Crippen molar-refractivity contribution < 1.29 is 9.21 Å². The summed E-state index contributed by atoms with van der Waals surface area (Å²) in [4.78, 5) is 14.2. The van der Waals surface area contributed by atoms with Gasteiger partial charge in [-0.15, -0.1) is 10.2 Å². The molecule has 0 radical (unpaired) electrons. The molecule has 0 spiro atoms. The van der Waals surface area contributed by atoms with E-state index < -0.39 is 0 Å². The molecule has 0 atom stereocenters. The summed E-state index contributed by atoms with van der Waals surface area (Å²) in [6.45, 7) is 2.71. The van der Waals surface area contributed by atoms with Crippen LogP contribution in [0, 0.1) is 18.3 Å². The molecule has 8 heteroatoms. The number of carbonyl (C=O) groups is 1. The quantitative estimate of drug-likeness (QED) is 0.683. The van der Waals surface area contributed by atoms with Crippen LogP contribution in [0.15, 0.2) is 28.0 Å². The number of nitrogens with zero attached hydrogens (tertiary/aromatic N) is 5. The normalized spacial score (nSPS) is 13.7. The Morgan fingerprint density at radius 2 is 2.38 bits per heavy atom. The second kappa shape index (κ2) is 7.53. The predicted molar refractivity (Wildman–Crippen MR) is 88.1 cm³/mol. The average molecular weight is 345 g/mol. The van der Waals surface area contributed by atoms with Crippen molar-refractivity contribution in [1.29, 1.82) is 5.26 Å². The van der Waals surface area contributed by atoms with Crippen LogP contribution in [0.25, 0.3) is 0 Å². The number of aromatic nitrogens is 3. The van der Waals surface area contributed by atoms with Gasteiger partial charge in [-0.25, -0.2) is 0 Å². The first-order valence-electron chi connectivity index (χ1n) is 7.90. The van der Waals surface area contributed by atoms with Gasteiger partial charge in [-0.1, -0.05) is 11.8 Å². The smallest absolute Gasteiger partial charge is 0.233 e. The molecule has 3 rings (SSSR count). The Bertz CT molecular complexity index is 730. The van der Waals surface area contributed by atoms with E-state index in [1.807, 2.05) is 13.0 Å². The molecule has 1 amide bonds. The highest BCUT2D eigenvalue weighted by Crippen LogP contribution is 2.38. The molecular weight excluding hydrogens is 326 g/mol. The Labute approximate surface area is 144 Å². The number of hydrogen-bond donors (Lipinski definition) is 0. The van der Waals surface area contributed by atoms with Crippen LogP contribution in [0.3, 0.4) is 0 Å². The van der Waals surface area contributed by atoms with Gasteiger partial charge in [0.2, 0.25) is 5.91 Å². The summed E-state index contributed by atoms with van der Waals surface area (Å²) in [6.07, 6.45) is 4.17. The maximum atomic E-state index is 12.5. The van der Waals surface area contributed by atoms with Crippen molar-refractivity contribution in [2.24, 2.45) is 0 Å². The first-order valence-corrected chi connectivity index (χ1v) is 8.89. The molecule has 0 aliphatic heterocycles. The van der Waals surface area contributed by atoms with Crippen molar-refractivity contribution in [3.05, 3.63) is 30.0 Å². The van der Waals surface area contributed by atoms with Gasteiger partial charge in [0.25, 0.3) is 0 Å². The van der Waals surface area contributed by atoms with Gasteiger partial charge in [0.1, 0.15) is 11.6 Å². The lowest BCUT2D eigenvalue weighted by atomic mass is 10.3. The highest BCUT2D eigenvalue weighted by atomic mass is 32.2. The number of nitriles is 1. The van der Waals surface area contributed by atoms with Crippen molar-refractivity contribution in [3.8, 4) is 6.07 Å². The van der Waals surface area contributed by atoms with Gasteiger partial charge in [0.05, 0.1) is 31.1 Å². The maximum Gasteiger partial charge on any atom is 0.233 e. The Morgan fingerprint density at radius 1 is 1.54 bits per heavy atom. The Kier molecular flexibility index (Phi) is 5.20. The topological polar surface area (TPSA) is 87.9 Å². The van der Waals surface area contributed by atoms with Gasteiger partial charge in [-0.05, 0) is 31.9 Å². The molecule has 2 aromatic heterocycles. The SMILES string of the molecule is Cc1nnc(SCC(=O)N(CCC#N)Cc2ccco2)n1C1CC1. The van der Waals surface area contributed by atoms with Gasteiger partial charge in [0, 0.05) is 12.6 Å². The fourth-order valence-electron chi connectivity index (χ4n) is 2.49. The number of aryl methyl sites for hydroxylation is 1. The first-order chi connectivity index (χ1) is 11.7. The molecule has 1 aliphatic carbocycles. The van der Waals surface area contributed by atoms with E-state index in [0.29, 0.717) is 31.3 Å². The van der Waals surface area contributed by atoms with Gasteiger partial charge in [-0.2, -0.15) is 5.26 Å². The van der Waals surface area contributed by atoms with Crippen molar-refractivity contribution >= 4 is 17.7 Å². The predicted octanol–water partition coefficient (Wildman–Crippen LogP) is 2.55. The van der Waals surface area contributed by atoms with E-state index in [9.17, 15) is 4.79 Å². The minimum absolute atomic E-state index is 0.0327. The van der Waals surface area contributed by atoms with Crippen molar-refractivity contribution in [3.63, 3.8) is 0 Å². The fraction of sp³-hybridized carbons (Fsp3) is 0.500. The zero-order chi connectivity index (χ0) is 16.9. The molecule has 1 saturated carbocycles. The second-order valence-corrected chi connectivity index (χ2v) is 6.66. The van der Waals surface area contributed by atoms with Crippen molar-refractivity contribution in [2.45, 2.75) is 43.9 Å². The van der Waals surface area contributed by atoms with E-state index in [-0.39, 0.29) is 11.7 Å². The van der Waals surface area contributed by atoms with Gasteiger partial charge in [-0.3, -0.25) is 4.79 Å². The summed E-state index contributed by atoms with van der Waals surface area (Å²) in [5.74, 6) is 1.85. The molecule has 1 fully saturated rings. The lowest BCUT2D eigenvalue weighted by Gasteiger charge is -2.20. The number of thioether (sulfide) groups is 1. The number of hydrogen-bond acceptors (Lipinski definition) is 6. The molecule has 1 aliphatic rings. The van der Waals surface area contributed by atoms with Crippen molar-refractivity contribution in [2.75, 3.05) is 12.3 Å². The number of rotatable bonds is 8. The number of furan rings is 1. The zero-order valence-corrected chi connectivity index (χ0v) is 14.3. The summed E-state index contributed by atoms with van der Waals surface area (Å²) in [5.41, 5.74) is 0. The Balaban J connectivity index is 1.61. The summed E-state index contributed by atoms with van der Waals surface area (Å²) < 4.78 is 7.42. The van der Waals surface area contributed by atoms with Gasteiger partial charge in [0.15, 0.2) is 5.16 Å². The monoisotopic (exact) mass is 345 g/mol. The molecule has 24 heavy (non-hydrogen) atoms. The highest BCUT2D eigenvalue weighted by Gasteiger charge is 2.28. The molecule has 0 unspecified atom stereocenters.